The third kappa shape index (κ3) is 4.69. The van der Waals surface area contributed by atoms with Crippen LogP contribution >= 0.6 is 12.4 Å². The number of hydrogen-bond donors (Lipinski definition) is 0. The Labute approximate surface area is 249 Å². The highest BCUT2D eigenvalue weighted by atomic mass is 35.5. The molecule has 7 rings (SSSR count). The summed E-state index contributed by atoms with van der Waals surface area (Å²) in [5, 5.41) is 1.95. The van der Waals surface area contributed by atoms with E-state index < -0.39 is 10.0 Å². The summed E-state index contributed by atoms with van der Waals surface area (Å²) >= 11 is 0. The fourth-order valence-corrected chi connectivity index (χ4v) is 6.45. The van der Waals surface area contributed by atoms with Crippen molar-refractivity contribution in [3.05, 3.63) is 107 Å². The third-order valence-corrected chi connectivity index (χ3v) is 9.21. The zero-order valence-electron chi connectivity index (χ0n) is 23.1. The van der Waals surface area contributed by atoms with E-state index in [4.69, 9.17) is 0 Å². The fourth-order valence-electron chi connectivity index (χ4n) is 5.68. The number of halogens is 1. The Morgan fingerprint density at radius 1 is 0.833 bits per heavy atom. The van der Waals surface area contributed by atoms with E-state index in [1.807, 2.05) is 66.9 Å². The molecule has 0 aliphatic carbocycles. The lowest BCUT2D eigenvalue weighted by Crippen LogP contribution is -2.33. The summed E-state index contributed by atoms with van der Waals surface area (Å²) < 4.78 is 28.6. The molecule has 6 aromatic rings. The van der Waals surface area contributed by atoms with E-state index in [0.29, 0.717) is 19.5 Å². The molecule has 3 aromatic carbocycles. The standard InChI is InChI=1S/C32H27N5O3S.ClH/c1-35-30-20-34-29-12-9-23(25-17-24-5-3-4-6-28(24)33-19-25)18-27(29)31(30)37(32(35)38)26-10-7-21(8-11-26)22-13-15-36(16-14-22)41(2,39)40;/h3-13,17-20H,14-16H2,1-2H3;1H. The molecule has 1 aliphatic rings. The number of nitrogens with zero attached hydrogens (tertiary/aromatic N) is 5. The molecule has 0 amide bonds. The second-order valence-electron chi connectivity index (χ2n) is 10.5. The largest absolute Gasteiger partial charge is 0.333 e. The fraction of sp³-hybridized carbons (Fsp3) is 0.156. The molecule has 0 fully saturated rings. The molecule has 0 saturated carbocycles. The van der Waals surface area contributed by atoms with E-state index in [-0.39, 0.29) is 18.1 Å². The third-order valence-electron chi connectivity index (χ3n) is 7.94. The Bertz CT molecular complexity index is 2200. The minimum absolute atomic E-state index is 0. The maximum absolute atomic E-state index is 13.6. The average Bonchev–Trinajstić information content (AvgIpc) is 3.26. The van der Waals surface area contributed by atoms with Crippen molar-refractivity contribution in [1.29, 1.82) is 0 Å². The normalized spacial score (nSPS) is 14.3. The number of benzene rings is 3. The van der Waals surface area contributed by atoms with Gasteiger partial charge in [-0.3, -0.25) is 19.1 Å². The van der Waals surface area contributed by atoms with Crippen LogP contribution in [0.25, 0.3) is 55.2 Å². The number of hydrogen-bond acceptors (Lipinski definition) is 5. The summed E-state index contributed by atoms with van der Waals surface area (Å²) in [5.41, 5.74) is 8.00. The van der Waals surface area contributed by atoms with Gasteiger partial charge in [-0.2, -0.15) is 4.31 Å². The summed E-state index contributed by atoms with van der Waals surface area (Å²) in [6, 6.07) is 24.2. The van der Waals surface area contributed by atoms with Gasteiger partial charge in [0.2, 0.25) is 10.0 Å². The lowest BCUT2D eigenvalue weighted by atomic mass is 10.00. The Kier molecular flexibility index (Phi) is 6.97. The van der Waals surface area contributed by atoms with Gasteiger partial charge in [0.15, 0.2) is 0 Å². The molecule has 42 heavy (non-hydrogen) atoms. The van der Waals surface area contributed by atoms with Crippen LogP contribution < -0.4 is 5.69 Å². The maximum atomic E-state index is 13.6. The van der Waals surface area contributed by atoms with E-state index in [1.54, 1.807) is 22.4 Å². The quantitative estimate of drug-likeness (QED) is 0.265. The molecule has 4 heterocycles. The number of aromatic nitrogens is 4. The second-order valence-corrected chi connectivity index (χ2v) is 12.4. The van der Waals surface area contributed by atoms with Crippen molar-refractivity contribution in [1.82, 2.24) is 23.4 Å². The van der Waals surface area contributed by atoms with Gasteiger partial charge >= 0.3 is 5.69 Å². The summed E-state index contributed by atoms with van der Waals surface area (Å²) in [5.74, 6) is 0. The molecule has 3 aromatic heterocycles. The van der Waals surface area contributed by atoms with Gasteiger partial charge in [-0.05, 0) is 59.5 Å². The number of imidazole rings is 1. The summed E-state index contributed by atoms with van der Waals surface area (Å²) in [4.78, 5) is 22.9. The van der Waals surface area contributed by atoms with Gasteiger partial charge in [-0.1, -0.05) is 42.5 Å². The van der Waals surface area contributed by atoms with Gasteiger partial charge in [0, 0.05) is 42.7 Å². The van der Waals surface area contributed by atoms with Crippen LogP contribution in [0.2, 0.25) is 0 Å². The van der Waals surface area contributed by atoms with Crippen LogP contribution in [0.5, 0.6) is 0 Å². The van der Waals surface area contributed by atoms with E-state index >= 15 is 0 Å². The van der Waals surface area contributed by atoms with Gasteiger partial charge in [-0.25, -0.2) is 13.2 Å². The molecule has 212 valence electrons. The van der Waals surface area contributed by atoms with Crippen molar-refractivity contribution in [2.75, 3.05) is 19.3 Å². The van der Waals surface area contributed by atoms with Gasteiger partial charge in [0.1, 0.15) is 0 Å². The molecule has 0 N–H and O–H groups in total. The predicted octanol–water partition coefficient (Wildman–Crippen LogP) is 5.56. The Morgan fingerprint density at radius 2 is 1.57 bits per heavy atom. The highest BCUT2D eigenvalue weighted by molar-refractivity contribution is 7.88. The lowest BCUT2D eigenvalue weighted by molar-refractivity contribution is 0.446. The molecule has 0 saturated heterocycles. The number of fused-ring (bicyclic) bond motifs is 4. The monoisotopic (exact) mass is 597 g/mol. The summed E-state index contributed by atoms with van der Waals surface area (Å²) in [6.45, 7) is 0.829. The minimum Gasteiger partial charge on any atom is -0.293 e. The first-order valence-corrected chi connectivity index (χ1v) is 15.2. The summed E-state index contributed by atoms with van der Waals surface area (Å²) in [6.07, 6.45) is 7.48. The molecule has 10 heteroatoms. The first kappa shape index (κ1) is 27.8. The highest BCUT2D eigenvalue weighted by Gasteiger charge is 2.21. The number of rotatable bonds is 4. The number of sulfonamides is 1. The Morgan fingerprint density at radius 3 is 2.31 bits per heavy atom. The van der Waals surface area contributed by atoms with Crippen LogP contribution in [-0.4, -0.2) is 51.2 Å². The van der Waals surface area contributed by atoms with Crippen LogP contribution in [0.3, 0.4) is 0 Å². The lowest BCUT2D eigenvalue weighted by Gasteiger charge is -2.24. The predicted molar refractivity (Wildman–Crippen MR) is 171 cm³/mol. The number of pyridine rings is 2. The van der Waals surface area contributed by atoms with Gasteiger partial charge in [0.25, 0.3) is 0 Å². The second kappa shape index (κ2) is 10.5. The molecule has 8 nitrogen and oxygen atoms in total. The molecule has 0 radical (unpaired) electrons. The minimum atomic E-state index is -3.21. The van der Waals surface area contributed by atoms with Crippen molar-refractivity contribution in [2.24, 2.45) is 7.05 Å². The van der Waals surface area contributed by atoms with E-state index in [2.05, 4.69) is 28.2 Å². The van der Waals surface area contributed by atoms with E-state index in [1.165, 1.54) is 10.6 Å². The van der Waals surface area contributed by atoms with Crippen molar-refractivity contribution in [3.8, 4) is 16.8 Å². The molecule has 1 aliphatic heterocycles. The number of aryl methyl sites for hydroxylation is 1. The van der Waals surface area contributed by atoms with Crippen LogP contribution in [0.15, 0.2) is 96.1 Å². The van der Waals surface area contributed by atoms with Crippen LogP contribution in [0.1, 0.15) is 12.0 Å². The average molecular weight is 598 g/mol. The van der Waals surface area contributed by atoms with E-state index in [9.17, 15) is 13.2 Å². The van der Waals surface area contributed by atoms with Gasteiger partial charge < -0.3 is 0 Å². The van der Waals surface area contributed by atoms with E-state index in [0.717, 1.165) is 60.8 Å². The molecule has 0 bridgehead atoms. The van der Waals surface area contributed by atoms with Crippen molar-refractivity contribution in [3.63, 3.8) is 0 Å². The first-order chi connectivity index (χ1) is 19.8. The molecular formula is C32H28ClN5O3S. The van der Waals surface area contributed by atoms with Crippen molar-refractivity contribution < 1.29 is 8.42 Å². The SMILES string of the molecule is Cl.Cn1c(=O)n(-c2ccc(C3=CCN(S(C)(=O)=O)CC3)cc2)c2c3cc(-c4cnc5ccccc5c4)ccc3ncc21. The van der Waals surface area contributed by atoms with Crippen molar-refractivity contribution >= 4 is 60.8 Å². The zero-order valence-corrected chi connectivity index (χ0v) is 24.7. The summed E-state index contributed by atoms with van der Waals surface area (Å²) in [7, 11) is -1.44. The molecule has 0 atom stereocenters. The van der Waals surface area contributed by atoms with Crippen LogP contribution in [0.4, 0.5) is 0 Å². The van der Waals surface area contributed by atoms with Gasteiger partial charge in [0.05, 0.1) is 40.2 Å². The first-order valence-electron chi connectivity index (χ1n) is 13.4. The Balaban J connectivity index is 0.00000316. The van der Waals surface area contributed by atoms with Crippen LogP contribution in [0, 0.1) is 0 Å². The molecular weight excluding hydrogens is 570 g/mol. The topological polar surface area (TPSA) is 90.1 Å². The van der Waals surface area contributed by atoms with Gasteiger partial charge in [-0.15, -0.1) is 12.4 Å². The smallest absolute Gasteiger partial charge is 0.293 e. The number of para-hydroxylation sites is 1. The zero-order chi connectivity index (χ0) is 28.3. The maximum Gasteiger partial charge on any atom is 0.333 e. The Hall–Kier alpha value is -4.31. The highest BCUT2D eigenvalue weighted by Crippen LogP contribution is 2.31. The van der Waals surface area contributed by atoms with Crippen molar-refractivity contribution in [2.45, 2.75) is 6.42 Å². The van der Waals surface area contributed by atoms with Crippen LogP contribution in [-0.2, 0) is 17.1 Å². The molecule has 0 spiro atoms. The molecule has 0 unspecified atom stereocenters.